The number of hydrogen-bond acceptors (Lipinski definition) is 3. The van der Waals surface area contributed by atoms with Crippen LogP contribution >= 0.6 is 0 Å². The second kappa shape index (κ2) is 6.03. The molecule has 1 atom stereocenters. The van der Waals surface area contributed by atoms with Gasteiger partial charge in [0.1, 0.15) is 17.4 Å². The zero-order chi connectivity index (χ0) is 13.8. The highest BCUT2D eigenvalue weighted by Gasteiger charge is 2.33. The monoisotopic (exact) mass is 262 g/mol. The third-order valence-corrected chi connectivity index (χ3v) is 3.75. The molecule has 19 heavy (non-hydrogen) atoms. The Hall–Kier alpha value is -1.60. The van der Waals surface area contributed by atoms with Crippen molar-refractivity contribution >= 4 is 5.69 Å². The summed E-state index contributed by atoms with van der Waals surface area (Å²) >= 11 is 0. The highest BCUT2D eigenvalue weighted by atomic mass is 19.1. The highest BCUT2D eigenvalue weighted by Crippen LogP contribution is 2.37. The van der Waals surface area contributed by atoms with Crippen LogP contribution in [0.4, 0.5) is 10.1 Å². The summed E-state index contributed by atoms with van der Waals surface area (Å²) in [6.07, 6.45) is 2.42. The van der Waals surface area contributed by atoms with Gasteiger partial charge in [-0.2, -0.15) is 5.26 Å². The van der Waals surface area contributed by atoms with Crippen molar-refractivity contribution in [3.63, 3.8) is 0 Å². The van der Waals surface area contributed by atoms with E-state index in [1.54, 1.807) is 13.2 Å². The molecule has 3 nitrogen and oxygen atoms in total. The summed E-state index contributed by atoms with van der Waals surface area (Å²) in [7, 11) is 1.65. The molecule has 0 heterocycles. The van der Waals surface area contributed by atoms with Crippen LogP contribution in [0, 0.1) is 23.1 Å². The number of methoxy groups -OCH3 is 1. The molecule has 0 aromatic heterocycles. The van der Waals surface area contributed by atoms with Gasteiger partial charge in [0, 0.05) is 19.7 Å². The minimum atomic E-state index is -0.453. The first-order valence-corrected chi connectivity index (χ1v) is 6.63. The molecule has 1 saturated carbocycles. The van der Waals surface area contributed by atoms with Crippen molar-refractivity contribution in [1.82, 2.24) is 0 Å². The summed E-state index contributed by atoms with van der Waals surface area (Å²) in [5, 5.41) is 9.16. The average molecular weight is 262 g/mol. The van der Waals surface area contributed by atoms with Crippen molar-refractivity contribution < 1.29 is 9.13 Å². The second-order valence-electron chi connectivity index (χ2n) is 5.01. The quantitative estimate of drug-likeness (QED) is 0.790. The van der Waals surface area contributed by atoms with Crippen LogP contribution in [0.5, 0.6) is 0 Å². The standard InChI is InChI=1S/C15H19FN2O/c1-11(12-6-7-12)18(8-9-19-2)15-5-3-4-14(16)13(15)10-17/h3-5,11-12H,6-9H2,1-2H3. The van der Waals surface area contributed by atoms with Crippen LogP contribution in [-0.4, -0.2) is 26.3 Å². The predicted molar refractivity (Wildman–Crippen MR) is 72.5 cm³/mol. The van der Waals surface area contributed by atoms with E-state index in [1.807, 2.05) is 12.1 Å². The molecule has 4 heteroatoms. The Morgan fingerprint density at radius 3 is 2.84 bits per heavy atom. The fraction of sp³-hybridized carbons (Fsp3) is 0.533. The first kappa shape index (κ1) is 13.8. The van der Waals surface area contributed by atoms with Gasteiger partial charge in [0.05, 0.1) is 12.3 Å². The molecular formula is C15H19FN2O. The summed E-state index contributed by atoms with van der Waals surface area (Å²) in [4.78, 5) is 2.10. The van der Waals surface area contributed by atoms with Crippen LogP contribution in [0.25, 0.3) is 0 Å². The second-order valence-corrected chi connectivity index (χ2v) is 5.01. The molecule has 2 rings (SSSR count). The molecule has 1 aromatic carbocycles. The predicted octanol–water partition coefficient (Wildman–Crippen LogP) is 2.95. The molecule has 1 unspecified atom stereocenters. The van der Waals surface area contributed by atoms with Gasteiger partial charge in [0.15, 0.2) is 0 Å². The number of nitrogens with zero attached hydrogens (tertiary/aromatic N) is 2. The minimum Gasteiger partial charge on any atom is -0.383 e. The van der Waals surface area contributed by atoms with Gasteiger partial charge < -0.3 is 9.64 Å². The van der Waals surface area contributed by atoms with E-state index in [9.17, 15) is 4.39 Å². The molecule has 0 N–H and O–H groups in total. The van der Waals surface area contributed by atoms with Gasteiger partial charge >= 0.3 is 0 Å². The lowest BCUT2D eigenvalue weighted by atomic mass is 10.1. The minimum absolute atomic E-state index is 0.131. The Labute approximate surface area is 113 Å². The van der Waals surface area contributed by atoms with E-state index in [0.29, 0.717) is 30.8 Å². The van der Waals surface area contributed by atoms with Crippen LogP contribution < -0.4 is 4.90 Å². The number of benzene rings is 1. The van der Waals surface area contributed by atoms with Gasteiger partial charge in [-0.25, -0.2) is 4.39 Å². The van der Waals surface area contributed by atoms with E-state index < -0.39 is 5.82 Å². The van der Waals surface area contributed by atoms with E-state index in [4.69, 9.17) is 10.00 Å². The first-order chi connectivity index (χ1) is 9.19. The molecule has 1 fully saturated rings. The number of nitriles is 1. The summed E-state index contributed by atoms with van der Waals surface area (Å²) in [5.74, 6) is 0.192. The number of ether oxygens (including phenoxy) is 1. The fourth-order valence-electron chi connectivity index (χ4n) is 2.43. The molecule has 0 radical (unpaired) electrons. The maximum absolute atomic E-state index is 13.7. The zero-order valence-electron chi connectivity index (χ0n) is 11.4. The van der Waals surface area contributed by atoms with Gasteiger partial charge in [-0.3, -0.25) is 0 Å². The van der Waals surface area contributed by atoms with Gasteiger partial charge in [-0.15, -0.1) is 0 Å². The lowest BCUT2D eigenvalue weighted by Gasteiger charge is -2.32. The number of rotatable bonds is 6. The van der Waals surface area contributed by atoms with Crippen LogP contribution in [0.3, 0.4) is 0 Å². The fourth-order valence-corrected chi connectivity index (χ4v) is 2.43. The SMILES string of the molecule is COCCN(c1cccc(F)c1C#N)C(C)C1CC1. The van der Waals surface area contributed by atoms with Crippen molar-refractivity contribution in [2.75, 3.05) is 25.2 Å². The Balaban J connectivity index is 2.31. The summed E-state index contributed by atoms with van der Waals surface area (Å²) in [5.41, 5.74) is 0.810. The summed E-state index contributed by atoms with van der Waals surface area (Å²) in [6, 6.07) is 7.09. The maximum atomic E-state index is 13.7. The van der Waals surface area contributed by atoms with Crippen LogP contribution in [0.1, 0.15) is 25.3 Å². The molecule has 0 aliphatic heterocycles. The molecule has 0 spiro atoms. The molecule has 1 aromatic rings. The Bertz CT molecular complexity index is 480. The van der Waals surface area contributed by atoms with Crippen molar-refractivity contribution in [3.8, 4) is 6.07 Å². The van der Waals surface area contributed by atoms with Crippen LogP contribution in [0.15, 0.2) is 18.2 Å². The smallest absolute Gasteiger partial charge is 0.143 e. The van der Waals surface area contributed by atoms with E-state index in [1.165, 1.54) is 18.9 Å². The normalized spacial score (nSPS) is 15.9. The molecular weight excluding hydrogens is 243 g/mol. The first-order valence-electron chi connectivity index (χ1n) is 6.63. The average Bonchev–Trinajstić information content (AvgIpc) is 3.23. The molecule has 102 valence electrons. The molecule has 1 aliphatic rings. The van der Waals surface area contributed by atoms with E-state index >= 15 is 0 Å². The van der Waals surface area contributed by atoms with Gasteiger partial charge in [-0.1, -0.05) is 6.07 Å². The van der Waals surface area contributed by atoms with Gasteiger partial charge in [0.2, 0.25) is 0 Å². The maximum Gasteiger partial charge on any atom is 0.143 e. The third-order valence-electron chi connectivity index (χ3n) is 3.75. The van der Waals surface area contributed by atoms with Crippen molar-refractivity contribution in [2.45, 2.75) is 25.8 Å². The molecule has 0 saturated heterocycles. The van der Waals surface area contributed by atoms with Crippen LogP contribution in [-0.2, 0) is 4.74 Å². The summed E-state index contributed by atoms with van der Waals surface area (Å²) in [6.45, 7) is 3.38. The summed E-state index contributed by atoms with van der Waals surface area (Å²) < 4.78 is 18.9. The number of anilines is 1. The zero-order valence-corrected chi connectivity index (χ0v) is 11.4. The Kier molecular flexibility index (Phi) is 4.39. The lowest BCUT2D eigenvalue weighted by Crippen LogP contribution is -2.37. The van der Waals surface area contributed by atoms with Crippen molar-refractivity contribution in [3.05, 3.63) is 29.6 Å². The molecule has 0 amide bonds. The van der Waals surface area contributed by atoms with Crippen LogP contribution in [0.2, 0.25) is 0 Å². The van der Waals surface area contributed by atoms with E-state index in [0.717, 1.165) is 0 Å². The molecule has 1 aliphatic carbocycles. The Morgan fingerprint density at radius 1 is 1.53 bits per heavy atom. The van der Waals surface area contributed by atoms with Crippen molar-refractivity contribution in [2.24, 2.45) is 5.92 Å². The van der Waals surface area contributed by atoms with E-state index in [-0.39, 0.29) is 5.56 Å². The number of halogens is 1. The van der Waals surface area contributed by atoms with Gasteiger partial charge in [-0.05, 0) is 37.8 Å². The third kappa shape index (κ3) is 3.05. The topological polar surface area (TPSA) is 36.3 Å². The molecule has 0 bridgehead atoms. The largest absolute Gasteiger partial charge is 0.383 e. The van der Waals surface area contributed by atoms with Crippen molar-refractivity contribution in [1.29, 1.82) is 5.26 Å². The lowest BCUT2D eigenvalue weighted by molar-refractivity contribution is 0.202. The Morgan fingerprint density at radius 2 is 2.26 bits per heavy atom. The highest BCUT2D eigenvalue weighted by molar-refractivity contribution is 5.60. The van der Waals surface area contributed by atoms with E-state index in [2.05, 4.69) is 11.8 Å². The number of hydrogen-bond donors (Lipinski definition) is 0. The van der Waals surface area contributed by atoms with Gasteiger partial charge in [0.25, 0.3) is 0 Å².